The highest BCUT2D eigenvalue weighted by Crippen LogP contribution is 2.42. The minimum absolute atomic E-state index is 0.0190. The van der Waals surface area contributed by atoms with Crippen LogP contribution in [-0.2, 0) is 19.6 Å². The molecule has 0 spiro atoms. The second-order valence-electron chi connectivity index (χ2n) is 9.79. The number of carbonyl (C=O) groups excluding carboxylic acids is 1. The molecule has 3 aliphatic rings. The molecule has 2 unspecified atom stereocenters. The monoisotopic (exact) mass is 513 g/mol. The van der Waals surface area contributed by atoms with E-state index < -0.39 is 39.2 Å². The van der Waals surface area contributed by atoms with Crippen LogP contribution in [0.1, 0.15) is 43.6 Å². The van der Waals surface area contributed by atoms with Crippen LogP contribution in [0.3, 0.4) is 0 Å². The Morgan fingerprint density at radius 3 is 2.49 bits per heavy atom. The zero-order valence-corrected chi connectivity index (χ0v) is 20.3. The van der Waals surface area contributed by atoms with E-state index in [1.165, 1.54) is 15.3 Å². The zero-order valence-electron chi connectivity index (χ0n) is 19.4. The molecule has 0 bridgehead atoms. The third-order valence-electron chi connectivity index (χ3n) is 7.82. The molecule has 4 rings (SSSR count). The molecular weight excluding hydrogens is 481 g/mol. The SMILES string of the molecule is O=C(O)N1CCC(CS(=O)(=O)N2CCC(c3ccccc3F)CC2)(C(=O)NO)CC1[C@@H]1CCOC1. The summed E-state index contributed by atoms with van der Waals surface area (Å²) in [5.74, 6) is -1.91. The Labute approximate surface area is 204 Å². The van der Waals surface area contributed by atoms with Gasteiger partial charge in [0.15, 0.2) is 0 Å². The summed E-state index contributed by atoms with van der Waals surface area (Å²) < 4.78 is 47.9. The van der Waals surface area contributed by atoms with E-state index in [1.807, 2.05) is 0 Å². The normalized spacial score (nSPS) is 28.7. The van der Waals surface area contributed by atoms with E-state index in [1.54, 1.807) is 23.7 Å². The molecule has 35 heavy (non-hydrogen) atoms. The van der Waals surface area contributed by atoms with E-state index in [-0.39, 0.29) is 50.1 Å². The number of hydroxylamine groups is 1. The van der Waals surface area contributed by atoms with E-state index in [0.717, 1.165) is 0 Å². The van der Waals surface area contributed by atoms with Crippen LogP contribution in [0.25, 0.3) is 0 Å². The van der Waals surface area contributed by atoms with Crippen molar-refractivity contribution in [2.75, 3.05) is 38.6 Å². The lowest BCUT2D eigenvalue weighted by Gasteiger charge is -2.46. The second-order valence-corrected chi connectivity index (χ2v) is 11.8. The van der Waals surface area contributed by atoms with E-state index >= 15 is 0 Å². The molecule has 3 atom stereocenters. The first-order valence-corrected chi connectivity index (χ1v) is 13.5. The molecule has 0 aromatic heterocycles. The van der Waals surface area contributed by atoms with Crippen LogP contribution in [0.2, 0.25) is 0 Å². The van der Waals surface area contributed by atoms with Crippen molar-refractivity contribution in [1.29, 1.82) is 0 Å². The lowest BCUT2D eigenvalue weighted by molar-refractivity contribution is -0.143. The van der Waals surface area contributed by atoms with Gasteiger partial charge in [-0.3, -0.25) is 10.0 Å². The molecule has 1 aromatic rings. The van der Waals surface area contributed by atoms with Crippen LogP contribution >= 0.6 is 0 Å². The number of likely N-dealkylation sites (tertiary alicyclic amines) is 1. The number of nitrogens with one attached hydrogen (secondary N) is 1. The lowest BCUT2D eigenvalue weighted by atomic mass is 9.73. The third-order valence-corrected chi connectivity index (χ3v) is 9.89. The molecule has 1 aromatic carbocycles. The van der Waals surface area contributed by atoms with Gasteiger partial charge in [0.2, 0.25) is 10.0 Å². The summed E-state index contributed by atoms with van der Waals surface area (Å²) in [5, 5.41) is 19.2. The van der Waals surface area contributed by atoms with E-state index in [9.17, 15) is 32.7 Å². The fourth-order valence-electron chi connectivity index (χ4n) is 5.84. The summed E-state index contributed by atoms with van der Waals surface area (Å²) in [7, 11) is -3.93. The molecule has 3 aliphatic heterocycles. The number of carbonyl (C=O) groups is 2. The molecule has 3 heterocycles. The first-order chi connectivity index (χ1) is 16.7. The first kappa shape index (κ1) is 25.8. The Morgan fingerprint density at radius 2 is 1.89 bits per heavy atom. The fraction of sp³-hybridized carbons (Fsp3) is 0.652. The van der Waals surface area contributed by atoms with Crippen molar-refractivity contribution in [1.82, 2.24) is 14.7 Å². The van der Waals surface area contributed by atoms with Gasteiger partial charge in [-0.1, -0.05) is 18.2 Å². The number of halogens is 1. The highest BCUT2D eigenvalue weighted by atomic mass is 32.2. The van der Waals surface area contributed by atoms with Gasteiger partial charge in [0.1, 0.15) is 5.82 Å². The van der Waals surface area contributed by atoms with Crippen molar-refractivity contribution < 1.29 is 37.4 Å². The maximum absolute atomic E-state index is 14.2. The average Bonchev–Trinajstić information content (AvgIpc) is 3.38. The number of ether oxygens (including phenoxy) is 1. The van der Waals surface area contributed by atoms with Crippen LogP contribution in [0.4, 0.5) is 9.18 Å². The maximum atomic E-state index is 14.2. The molecule has 0 radical (unpaired) electrons. The Hall–Kier alpha value is -2.28. The minimum Gasteiger partial charge on any atom is -0.465 e. The van der Waals surface area contributed by atoms with Crippen molar-refractivity contribution >= 4 is 22.0 Å². The highest BCUT2D eigenvalue weighted by Gasteiger charge is 2.52. The molecule has 3 fully saturated rings. The Bertz CT molecular complexity index is 1040. The van der Waals surface area contributed by atoms with Gasteiger partial charge in [-0.05, 0) is 49.7 Å². The Kier molecular flexibility index (Phi) is 7.65. The Balaban J connectivity index is 1.51. The number of carboxylic acid groups (broad SMARTS) is 1. The summed E-state index contributed by atoms with van der Waals surface area (Å²) >= 11 is 0. The van der Waals surface area contributed by atoms with Gasteiger partial charge >= 0.3 is 6.09 Å². The van der Waals surface area contributed by atoms with E-state index in [4.69, 9.17) is 4.74 Å². The number of nitrogens with zero attached hydrogens (tertiary/aromatic N) is 2. The largest absolute Gasteiger partial charge is 0.465 e. The van der Waals surface area contributed by atoms with Crippen LogP contribution in [0.5, 0.6) is 0 Å². The summed E-state index contributed by atoms with van der Waals surface area (Å²) in [6, 6.07) is 5.89. The van der Waals surface area contributed by atoms with Gasteiger partial charge in [0, 0.05) is 38.2 Å². The molecule has 12 heteroatoms. The van der Waals surface area contributed by atoms with Gasteiger partial charge in [0.25, 0.3) is 5.91 Å². The summed E-state index contributed by atoms with van der Waals surface area (Å²) in [6.07, 6.45) is 0.341. The summed E-state index contributed by atoms with van der Waals surface area (Å²) in [4.78, 5) is 26.0. The van der Waals surface area contributed by atoms with Gasteiger partial charge in [-0.2, -0.15) is 0 Å². The minimum atomic E-state index is -3.93. The maximum Gasteiger partial charge on any atom is 0.407 e. The fourth-order valence-corrected chi connectivity index (χ4v) is 7.88. The molecular formula is C23H32FN3O7S. The predicted octanol–water partition coefficient (Wildman–Crippen LogP) is 2.01. The van der Waals surface area contributed by atoms with Crippen LogP contribution in [0, 0.1) is 17.2 Å². The molecule has 194 valence electrons. The van der Waals surface area contributed by atoms with E-state index in [2.05, 4.69) is 0 Å². The topological polar surface area (TPSA) is 136 Å². The second kappa shape index (κ2) is 10.4. The number of piperidine rings is 2. The van der Waals surface area contributed by atoms with Crippen molar-refractivity contribution in [2.45, 2.75) is 44.1 Å². The standard InChI is InChI=1S/C23H32FN3O7S/c24-19-4-2-1-3-18(19)16-5-9-26(10-6-16)35(32,33)15-23(21(28)25-31)8-11-27(22(29)30)20(13-23)17-7-12-34-14-17/h1-4,16-17,20,31H,5-15H2,(H,25,28)(H,29,30)/t17-,20?,23?/m1/s1. The number of amides is 2. The average molecular weight is 514 g/mol. The molecule has 3 N–H and O–H groups in total. The number of hydrogen-bond donors (Lipinski definition) is 3. The number of benzene rings is 1. The van der Waals surface area contributed by atoms with Gasteiger partial charge < -0.3 is 14.7 Å². The van der Waals surface area contributed by atoms with Crippen LogP contribution in [0.15, 0.2) is 24.3 Å². The Morgan fingerprint density at radius 1 is 1.17 bits per heavy atom. The highest BCUT2D eigenvalue weighted by molar-refractivity contribution is 7.89. The first-order valence-electron chi connectivity index (χ1n) is 11.9. The summed E-state index contributed by atoms with van der Waals surface area (Å²) in [6.45, 7) is 1.18. The van der Waals surface area contributed by atoms with Crippen molar-refractivity contribution in [3.63, 3.8) is 0 Å². The number of rotatable bonds is 6. The molecule has 0 aliphatic carbocycles. The molecule has 0 saturated carbocycles. The summed E-state index contributed by atoms with van der Waals surface area (Å²) in [5.41, 5.74) is 0.726. The third kappa shape index (κ3) is 5.30. The quantitative estimate of drug-likeness (QED) is 0.391. The number of sulfonamides is 1. The zero-order chi connectivity index (χ0) is 25.2. The predicted molar refractivity (Wildman–Crippen MR) is 123 cm³/mol. The molecule has 10 nitrogen and oxygen atoms in total. The van der Waals surface area contributed by atoms with Crippen LogP contribution in [-0.4, -0.2) is 84.6 Å². The van der Waals surface area contributed by atoms with Crippen molar-refractivity contribution in [3.05, 3.63) is 35.6 Å². The van der Waals surface area contributed by atoms with Gasteiger partial charge in [-0.25, -0.2) is 27.4 Å². The lowest BCUT2D eigenvalue weighted by Crippen LogP contribution is -2.59. The van der Waals surface area contributed by atoms with Crippen molar-refractivity contribution in [3.8, 4) is 0 Å². The van der Waals surface area contributed by atoms with Crippen LogP contribution < -0.4 is 5.48 Å². The van der Waals surface area contributed by atoms with Gasteiger partial charge in [-0.15, -0.1) is 0 Å². The molecule has 2 amide bonds. The smallest absolute Gasteiger partial charge is 0.407 e. The number of hydrogen-bond acceptors (Lipinski definition) is 6. The van der Waals surface area contributed by atoms with E-state index in [0.29, 0.717) is 38.0 Å². The van der Waals surface area contributed by atoms with Gasteiger partial charge in [0.05, 0.1) is 17.8 Å². The van der Waals surface area contributed by atoms with Crippen molar-refractivity contribution in [2.24, 2.45) is 11.3 Å². The molecule has 3 saturated heterocycles.